The van der Waals surface area contributed by atoms with Crippen LogP contribution < -0.4 is 5.73 Å². The predicted octanol–water partition coefficient (Wildman–Crippen LogP) is 4.04. The Morgan fingerprint density at radius 3 is 1.80 bits per heavy atom. The molecule has 0 saturated carbocycles. The Kier molecular flexibility index (Phi) is 3.23. The third-order valence-electron chi connectivity index (χ3n) is 4.30. The Morgan fingerprint density at radius 2 is 1.35 bits per heavy atom. The lowest BCUT2D eigenvalue weighted by Gasteiger charge is -2.42. The number of hydrogen-bond acceptors (Lipinski definition) is 1. The fourth-order valence-corrected chi connectivity index (χ4v) is 3.43. The molecule has 2 aromatic carbocycles. The Hall–Kier alpha value is -1.86. The van der Waals surface area contributed by atoms with Gasteiger partial charge in [-0.25, -0.2) is 0 Å². The summed E-state index contributed by atoms with van der Waals surface area (Å²) in [5, 5.41) is 0. The maximum Gasteiger partial charge on any atom is 0.0322 e. The highest BCUT2D eigenvalue weighted by Gasteiger charge is 2.40. The van der Waals surface area contributed by atoms with E-state index >= 15 is 0 Å². The van der Waals surface area contributed by atoms with E-state index in [0.717, 1.165) is 12.8 Å². The fourth-order valence-electron chi connectivity index (χ4n) is 3.43. The minimum absolute atomic E-state index is 0.0131. The van der Waals surface area contributed by atoms with Crippen molar-refractivity contribution < 1.29 is 0 Å². The Balaban J connectivity index is 2.17. The maximum atomic E-state index is 6.44. The quantitative estimate of drug-likeness (QED) is 0.813. The number of rotatable bonds is 2. The van der Waals surface area contributed by atoms with Crippen LogP contribution in [0.5, 0.6) is 0 Å². The van der Waals surface area contributed by atoms with E-state index in [1.54, 1.807) is 0 Å². The lowest BCUT2D eigenvalue weighted by Crippen LogP contribution is -2.45. The van der Waals surface area contributed by atoms with Crippen LogP contribution in [0.3, 0.4) is 0 Å². The van der Waals surface area contributed by atoms with Crippen LogP contribution in [0.2, 0.25) is 0 Å². The molecule has 0 aromatic heterocycles. The first-order valence-corrected chi connectivity index (χ1v) is 7.20. The number of benzene rings is 2. The molecule has 1 heteroatoms. The van der Waals surface area contributed by atoms with Crippen molar-refractivity contribution in [3.8, 4) is 0 Å². The largest absolute Gasteiger partial charge is 0.322 e. The van der Waals surface area contributed by atoms with E-state index in [1.807, 2.05) is 0 Å². The smallest absolute Gasteiger partial charge is 0.0322 e. The van der Waals surface area contributed by atoms with Crippen molar-refractivity contribution >= 4 is 0 Å². The zero-order valence-electron chi connectivity index (χ0n) is 11.9. The van der Waals surface area contributed by atoms with E-state index in [0.29, 0.717) is 0 Å². The highest BCUT2D eigenvalue weighted by Crippen LogP contribution is 2.44. The van der Waals surface area contributed by atoms with Crippen molar-refractivity contribution in [2.75, 3.05) is 0 Å². The third kappa shape index (κ3) is 2.30. The van der Waals surface area contributed by atoms with Crippen LogP contribution in [0.1, 0.15) is 30.9 Å². The molecule has 0 radical (unpaired) electrons. The molecule has 1 nitrogen and oxygen atoms in total. The van der Waals surface area contributed by atoms with Crippen molar-refractivity contribution in [2.24, 2.45) is 5.73 Å². The van der Waals surface area contributed by atoms with E-state index in [9.17, 15) is 0 Å². The molecule has 2 N–H and O–H groups in total. The molecular weight excluding hydrogens is 242 g/mol. The second kappa shape index (κ2) is 4.92. The van der Waals surface area contributed by atoms with Gasteiger partial charge in [-0.2, -0.15) is 0 Å². The molecule has 0 heterocycles. The maximum absolute atomic E-state index is 6.44. The predicted molar refractivity (Wildman–Crippen MR) is 84.6 cm³/mol. The number of nitrogens with two attached hydrogens (primary N) is 1. The summed E-state index contributed by atoms with van der Waals surface area (Å²) in [4.78, 5) is 0. The fraction of sp³-hybridized carbons (Fsp3) is 0.263. The van der Waals surface area contributed by atoms with Crippen LogP contribution in [0.4, 0.5) is 0 Å². The van der Waals surface area contributed by atoms with Gasteiger partial charge in [0.05, 0.1) is 0 Å². The van der Waals surface area contributed by atoms with E-state index in [2.05, 4.69) is 79.7 Å². The molecule has 20 heavy (non-hydrogen) atoms. The molecule has 3 rings (SSSR count). The van der Waals surface area contributed by atoms with Gasteiger partial charge in [-0.05, 0) is 30.9 Å². The molecule has 0 spiro atoms. The third-order valence-corrected chi connectivity index (χ3v) is 4.30. The monoisotopic (exact) mass is 263 g/mol. The first kappa shape index (κ1) is 13.1. The first-order chi connectivity index (χ1) is 9.62. The van der Waals surface area contributed by atoms with Crippen LogP contribution in [-0.2, 0) is 5.41 Å². The molecular formula is C19H21N. The lowest BCUT2D eigenvalue weighted by atomic mass is 9.63. The van der Waals surface area contributed by atoms with Gasteiger partial charge in [0.1, 0.15) is 0 Å². The molecule has 0 fully saturated rings. The molecule has 2 aromatic rings. The highest BCUT2D eigenvalue weighted by molar-refractivity contribution is 5.43. The summed E-state index contributed by atoms with van der Waals surface area (Å²) < 4.78 is 0. The molecule has 102 valence electrons. The van der Waals surface area contributed by atoms with Gasteiger partial charge in [0.15, 0.2) is 0 Å². The van der Waals surface area contributed by atoms with Crippen LogP contribution >= 0.6 is 0 Å². The van der Waals surface area contributed by atoms with E-state index in [-0.39, 0.29) is 11.0 Å². The molecule has 0 bridgehead atoms. The highest BCUT2D eigenvalue weighted by atomic mass is 14.7. The summed E-state index contributed by atoms with van der Waals surface area (Å²) in [6.45, 7) is 2.11. The van der Waals surface area contributed by atoms with E-state index in [1.165, 1.54) is 11.1 Å². The van der Waals surface area contributed by atoms with Crippen molar-refractivity contribution in [2.45, 2.75) is 30.7 Å². The van der Waals surface area contributed by atoms with Gasteiger partial charge in [0.2, 0.25) is 0 Å². The second-order valence-corrected chi connectivity index (χ2v) is 6.10. The van der Waals surface area contributed by atoms with E-state index < -0.39 is 0 Å². The summed E-state index contributed by atoms with van der Waals surface area (Å²) in [7, 11) is 0. The van der Waals surface area contributed by atoms with Crippen molar-refractivity contribution in [1.82, 2.24) is 0 Å². The summed E-state index contributed by atoms with van der Waals surface area (Å²) in [6, 6.07) is 21.5. The van der Waals surface area contributed by atoms with Gasteiger partial charge in [-0.3, -0.25) is 0 Å². The Morgan fingerprint density at radius 1 is 0.850 bits per heavy atom. The summed E-state index contributed by atoms with van der Waals surface area (Å²) in [5.74, 6) is 0. The minimum atomic E-state index is -0.260. The summed E-state index contributed by atoms with van der Waals surface area (Å²) >= 11 is 0. The Bertz CT molecular complexity index is 557. The molecule has 1 unspecified atom stereocenters. The SMILES string of the molecule is CC1(N)C=CCC(c2ccccc2)(c2ccccc2)C1. The second-order valence-electron chi connectivity index (χ2n) is 6.10. The van der Waals surface area contributed by atoms with Crippen LogP contribution in [0.25, 0.3) is 0 Å². The topological polar surface area (TPSA) is 26.0 Å². The summed E-state index contributed by atoms with van der Waals surface area (Å²) in [6.07, 6.45) is 6.33. The molecule has 0 amide bonds. The van der Waals surface area contributed by atoms with Gasteiger partial charge in [-0.1, -0.05) is 72.8 Å². The van der Waals surface area contributed by atoms with E-state index in [4.69, 9.17) is 5.73 Å². The average Bonchev–Trinajstić information content (AvgIpc) is 2.48. The average molecular weight is 263 g/mol. The molecule has 1 atom stereocenters. The van der Waals surface area contributed by atoms with Crippen LogP contribution in [0.15, 0.2) is 72.8 Å². The van der Waals surface area contributed by atoms with Crippen molar-refractivity contribution in [3.63, 3.8) is 0 Å². The lowest BCUT2D eigenvalue weighted by molar-refractivity contribution is 0.361. The van der Waals surface area contributed by atoms with Crippen molar-refractivity contribution in [3.05, 3.63) is 83.9 Å². The van der Waals surface area contributed by atoms with Gasteiger partial charge < -0.3 is 5.73 Å². The van der Waals surface area contributed by atoms with Gasteiger partial charge in [0.25, 0.3) is 0 Å². The normalized spacial score (nSPS) is 24.5. The molecule has 0 saturated heterocycles. The van der Waals surface area contributed by atoms with Gasteiger partial charge in [-0.15, -0.1) is 0 Å². The summed E-state index contributed by atoms with van der Waals surface area (Å²) in [5.41, 5.74) is 8.88. The minimum Gasteiger partial charge on any atom is -0.322 e. The molecule has 0 aliphatic heterocycles. The van der Waals surface area contributed by atoms with Gasteiger partial charge in [0, 0.05) is 11.0 Å². The van der Waals surface area contributed by atoms with Crippen LogP contribution in [-0.4, -0.2) is 5.54 Å². The van der Waals surface area contributed by atoms with Crippen LogP contribution in [0, 0.1) is 0 Å². The molecule has 1 aliphatic rings. The standard InChI is InChI=1S/C19H21N/c1-18(20)13-8-14-19(15-18,16-9-4-2-5-10-16)17-11-6-3-7-12-17/h2-13H,14-15,20H2,1H3. The number of allylic oxidation sites excluding steroid dienone is 1. The molecule has 1 aliphatic carbocycles. The van der Waals surface area contributed by atoms with Gasteiger partial charge >= 0.3 is 0 Å². The Labute approximate surface area is 121 Å². The van der Waals surface area contributed by atoms with Crippen molar-refractivity contribution in [1.29, 1.82) is 0 Å². The zero-order valence-corrected chi connectivity index (χ0v) is 11.9. The zero-order chi connectivity index (χ0) is 14.1. The number of hydrogen-bond donors (Lipinski definition) is 1. The first-order valence-electron chi connectivity index (χ1n) is 7.20.